The molecule has 0 unspecified atom stereocenters. The van der Waals surface area contributed by atoms with Gasteiger partial charge in [0.2, 0.25) is 5.95 Å². The van der Waals surface area contributed by atoms with Gasteiger partial charge in [-0.25, -0.2) is 14.8 Å². The number of aromatic nitrogens is 2. The number of hydrogen-bond donors (Lipinski definition) is 2. The van der Waals surface area contributed by atoms with Gasteiger partial charge in [-0.1, -0.05) is 30.3 Å². The van der Waals surface area contributed by atoms with Gasteiger partial charge in [-0.3, -0.25) is 0 Å². The number of hydrogen-bond acceptors (Lipinski definition) is 7. The van der Waals surface area contributed by atoms with Crippen LogP contribution < -0.4 is 15.4 Å². The first-order valence-electron chi connectivity index (χ1n) is 8.43. The number of carbonyl (C=O) groups is 1. The molecule has 1 saturated heterocycles. The van der Waals surface area contributed by atoms with Crippen LogP contribution in [0.1, 0.15) is 18.4 Å². The van der Waals surface area contributed by atoms with E-state index in [9.17, 15) is 9.90 Å². The van der Waals surface area contributed by atoms with E-state index in [2.05, 4.69) is 9.97 Å². The minimum atomic E-state index is -0.916. The Bertz CT molecular complexity index is 716. The van der Waals surface area contributed by atoms with Gasteiger partial charge in [0.05, 0.1) is 19.0 Å². The van der Waals surface area contributed by atoms with Gasteiger partial charge >= 0.3 is 6.09 Å². The van der Waals surface area contributed by atoms with Gasteiger partial charge in [0.25, 0.3) is 0 Å². The molecule has 2 heterocycles. The van der Waals surface area contributed by atoms with Crippen LogP contribution in [0.25, 0.3) is 0 Å². The van der Waals surface area contributed by atoms with E-state index in [4.69, 9.17) is 15.2 Å². The van der Waals surface area contributed by atoms with E-state index in [1.807, 2.05) is 35.2 Å². The van der Waals surface area contributed by atoms with Crippen molar-refractivity contribution in [3.8, 4) is 5.75 Å². The molecule has 8 nitrogen and oxygen atoms in total. The van der Waals surface area contributed by atoms with Crippen molar-refractivity contribution in [1.29, 1.82) is 0 Å². The van der Waals surface area contributed by atoms with Crippen molar-refractivity contribution in [3.63, 3.8) is 0 Å². The van der Waals surface area contributed by atoms with Gasteiger partial charge in [-0.05, 0) is 5.56 Å². The summed E-state index contributed by atoms with van der Waals surface area (Å²) in [7, 11) is 0. The van der Waals surface area contributed by atoms with Gasteiger partial charge in [-0.15, -0.1) is 0 Å². The van der Waals surface area contributed by atoms with Gasteiger partial charge in [0, 0.05) is 25.9 Å². The number of aliphatic hydroxyl groups excluding tert-OH is 1. The Kier molecular flexibility index (Phi) is 5.52. The van der Waals surface area contributed by atoms with Crippen LogP contribution in [-0.4, -0.2) is 46.5 Å². The number of carbonyl (C=O) groups excluding carboxylic acids is 1. The van der Waals surface area contributed by atoms with Gasteiger partial charge in [0.1, 0.15) is 12.2 Å². The lowest BCUT2D eigenvalue weighted by Gasteiger charge is -2.39. The van der Waals surface area contributed by atoms with Crippen molar-refractivity contribution in [2.75, 3.05) is 24.6 Å². The first-order chi connectivity index (χ1) is 12.6. The number of nitrogens with zero attached hydrogens (tertiary/aromatic N) is 3. The second kappa shape index (κ2) is 8.01. The van der Waals surface area contributed by atoms with Crippen LogP contribution in [0.2, 0.25) is 0 Å². The third-order valence-corrected chi connectivity index (χ3v) is 4.43. The van der Waals surface area contributed by atoms with Crippen LogP contribution in [0, 0.1) is 0 Å². The van der Waals surface area contributed by atoms with Crippen LogP contribution in [-0.2, 0) is 11.3 Å². The lowest BCUT2D eigenvalue weighted by atomic mass is 9.92. The van der Waals surface area contributed by atoms with E-state index in [0.717, 1.165) is 5.56 Å². The first kappa shape index (κ1) is 17.9. The molecule has 0 atom stereocenters. The Morgan fingerprint density at radius 3 is 2.42 bits per heavy atom. The van der Waals surface area contributed by atoms with Gasteiger partial charge < -0.3 is 25.2 Å². The Morgan fingerprint density at radius 1 is 1.19 bits per heavy atom. The maximum absolute atomic E-state index is 11.0. The highest BCUT2D eigenvalue weighted by Crippen LogP contribution is 2.28. The third-order valence-electron chi connectivity index (χ3n) is 4.43. The Morgan fingerprint density at radius 2 is 1.85 bits per heavy atom. The number of benzene rings is 1. The van der Waals surface area contributed by atoms with Crippen molar-refractivity contribution >= 4 is 12.0 Å². The number of ether oxygens (including phenoxy) is 2. The molecular formula is C18H22N4O4. The van der Waals surface area contributed by atoms with E-state index in [1.165, 1.54) is 0 Å². The van der Waals surface area contributed by atoms with Crippen molar-refractivity contribution in [1.82, 2.24) is 9.97 Å². The van der Waals surface area contributed by atoms with E-state index in [1.54, 1.807) is 12.4 Å². The summed E-state index contributed by atoms with van der Waals surface area (Å²) in [6, 6.07) is 9.86. The lowest BCUT2D eigenvalue weighted by molar-refractivity contribution is -0.0423. The number of piperidine rings is 1. The zero-order valence-electron chi connectivity index (χ0n) is 14.4. The smallest absolute Gasteiger partial charge is 0.405 e. The maximum Gasteiger partial charge on any atom is 0.405 e. The molecule has 3 rings (SSSR count). The molecule has 0 aliphatic carbocycles. The predicted molar refractivity (Wildman–Crippen MR) is 94.7 cm³/mol. The first-order valence-corrected chi connectivity index (χ1v) is 8.43. The summed E-state index contributed by atoms with van der Waals surface area (Å²) in [6.07, 6.45) is 3.33. The molecule has 0 saturated carbocycles. The highest BCUT2D eigenvalue weighted by Gasteiger charge is 2.38. The number of nitrogens with two attached hydrogens (primary N) is 1. The number of anilines is 1. The number of aliphatic hydroxyl groups is 1. The molecule has 0 spiro atoms. The van der Waals surface area contributed by atoms with Crippen LogP contribution in [0.5, 0.6) is 5.75 Å². The van der Waals surface area contributed by atoms with Crippen molar-refractivity contribution in [3.05, 3.63) is 48.3 Å². The largest absolute Gasteiger partial charge is 0.486 e. The summed E-state index contributed by atoms with van der Waals surface area (Å²) in [5.41, 5.74) is 5.25. The SMILES string of the molecule is NC(=O)OC1(CO)CCN(c2ncc(OCc3ccccc3)cn2)CC1. The molecule has 1 aliphatic rings. The molecule has 1 fully saturated rings. The minimum Gasteiger partial charge on any atom is -0.486 e. The molecule has 8 heteroatoms. The Balaban J connectivity index is 1.55. The van der Waals surface area contributed by atoms with Gasteiger partial charge in [-0.2, -0.15) is 0 Å². The molecule has 0 bridgehead atoms. The number of primary amides is 1. The molecule has 1 aliphatic heterocycles. The van der Waals surface area contributed by atoms with E-state index in [-0.39, 0.29) is 6.61 Å². The van der Waals surface area contributed by atoms with Gasteiger partial charge in [0.15, 0.2) is 5.75 Å². The highest BCUT2D eigenvalue weighted by atomic mass is 16.6. The normalized spacial score (nSPS) is 16.1. The standard InChI is InChI=1S/C18H22N4O4/c19-16(24)26-18(13-23)6-8-22(9-7-18)17-20-10-15(11-21-17)25-12-14-4-2-1-3-5-14/h1-5,10-11,23H,6-9,12-13H2,(H2,19,24). The summed E-state index contributed by atoms with van der Waals surface area (Å²) in [6.45, 7) is 1.31. The molecule has 2 aromatic rings. The molecule has 138 valence electrons. The summed E-state index contributed by atoms with van der Waals surface area (Å²) in [4.78, 5) is 21.7. The van der Waals surface area contributed by atoms with Crippen molar-refractivity contribution in [2.45, 2.75) is 25.0 Å². The van der Waals surface area contributed by atoms with Crippen LogP contribution in [0.3, 0.4) is 0 Å². The van der Waals surface area contributed by atoms with E-state index >= 15 is 0 Å². The molecule has 26 heavy (non-hydrogen) atoms. The monoisotopic (exact) mass is 358 g/mol. The molecular weight excluding hydrogens is 336 g/mol. The fourth-order valence-corrected chi connectivity index (χ4v) is 2.91. The molecule has 1 amide bonds. The Labute approximate surface area is 151 Å². The second-order valence-electron chi connectivity index (χ2n) is 6.24. The van der Waals surface area contributed by atoms with Crippen LogP contribution in [0.4, 0.5) is 10.7 Å². The zero-order chi connectivity index (χ0) is 18.4. The fraction of sp³-hybridized carbons (Fsp3) is 0.389. The molecule has 1 aromatic heterocycles. The summed E-state index contributed by atoms with van der Waals surface area (Å²) >= 11 is 0. The summed E-state index contributed by atoms with van der Waals surface area (Å²) in [5, 5.41) is 9.54. The topological polar surface area (TPSA) is 111 Å². The average molecular weight is 358 g/mol. The highest BCUT2D eigenvalue weighted by molar-refractivity contribution is 5.65. The quantitative estimate of drug-likeness (QED) is 0.804. The molecule has 1 aromatic carbocycles. The fourth-order valence-electron chi connectivity index (χ4n) is 2.91. The van der Waals surface area contributed by atoms with Crippen molar-refractivity contribution < 1.29 is 19.4 Å². The van der Waals surface area contributed by atoms with Crippen LogP contribution in [0.15, 0.2) is 42.7 Å². The summed E-state index contributed by atoms with van der Waals surface area (Å²) in [5.74, 6) is 1.17. The average Bonchev–Trinajstić information content (AvgIpc) is 2.68. The third kappa shape index (κ3) is 4.40. The second-order valence-corrected chi connectivity index (χ2v) is 6.24. The summed E-state index contributed by atoms with van der Waals surface area (Å²) < 4.78 is 10.8. The number of rotatable bonds is 6. The minimum absolute atomic E-state index is 0.253. The van der Waals surface area contributed by atoms with Crippen LogP contribution >= 0.6 is 0 Å². The van der Waals surface area contributed by atoms with Crippen molar-refractivity contribution in [2.24, 2.45) is 5.73 Å². The zero-order valence-corrected chi connectivity index (χ0v) is 14.4. The Hall–Kier alpha value is -2.87. The lowest BCUT2D eigenvalue weighted by Crippen LogP contribution is -2.50. The predicted octanol–water partition coefficient (Wildman–Crippen LogP) is 1.48. The van der Waals surface area contributed by atoms with E-state index < -0.39 is 11.7 Å². The van der Waals surface area contributed by atoms with E-state index in [0.29, 0.717) is 44.2 Å². The number of amides is 1. The maximum atomic E-state index is 11.0. The molecule has 0 radical (unpaired) electrons. The molecule has 3 N–H and O–H groups in total.